The maximum atomic E-state index is 10.9. The molecule has 0 atom stereocenters. The van der Waals surface area contributed by atoms with E-state index in [0.29, 0.717) is 19.5 Å². The lowest BCUT2D eigenvalue weighted by Gasteiger charge is -2.09. The third-order valence-electron chi connectivity index (χ3n) is 2.37. The molecule has 1 aromatic rings. The van der Waals surface area contributed by atoms with Crippen molar-refractivity contribution in [3.63, 3.8) is 0 Å². The van der Waals surface area contributed by atoms with Crippen LogP contribution in [0.15, 0.2) is 6.07 Å². The van der Waals surface area contributed by atoms with E-state index in [-0.39, 0.29) is 0 Å². The Kier molecular flexibility index (Phi) is 5.97. The molecule has 0 saturated carbocycles. The highest BCUT2D eigenvalue weighted by molar-refractivity contribution is 7.88. The highest BCUT2D eigenvalue weighted by atomic mass is 32.2. The number of sulfonamides is 1. The fourth-order valence-electron chi connectivity index (χ4n) is 1.44. The maximum absolute atomic E-state index is 10.9. The van der Waals surface area contributed by atoms with Crippen LogP contribution >= 0.6 is 0 Å². The second kappa shape index (κ2) is 7.25. The van der Waals surface area contributed by atoms with Gasteiger partial charge in [-0.2, -0.15) is 0 Å². The van der Waals surface area contributed by atoms with Gasteiger partial charge >= 0.3 is 0 Å². The molecule has 0 saturated heterocycles. The van der Waals surface area contributed by atoms with E-state index in [0.717, 1.165) is 30.1 Å². The van der Waals surface area contributed by atoms with Gasteiger partial charge in [0.25, 0.3) is 0 Å². The predicted molar refractivity (Wildman–Crippen MR) is 76.9 cm³/mol. The van der Waals surface area contributed by atoms with Crippen molar-refractivity contribution >= 4 is 21.7 Å². The quantitative estimate of drug-likeness (QED) is 0.600. The molecule has 108 valence electrons. The number of hydrogen-bond donors (Lipinski definition) is 3. The van der Waals surface area contributed by atoms with Crippen molar-refractivity contribution in [3.8, 4) is 0 Å². The molecule has 0 aliphatic carbocycles. The summed E-state index contributed by atoms with van der Waals surface area (Å²) in [6.45, 7) is 3.05. The molecule has 7 nitrogen and oxygen atoms in total. The molecule has 0 bridgehead atoms. The van der Waals surface area contributed by atoms with Crippen molar-refractivity contribution in [1.82, 2.24) is 14.7 Å². The molecule has 0 amide bonds. The Hall–Kier alpha value is -1.41. The van der Waals surface area contributed by atoms with E-state index >= 15 is 0 Å². The summed E-state index contributed by atoms with van der Waals surface area (Å²) in [5.74, 6) is 2.28. The van der Waals surface area contributed by atoms with E-state index in [9.17, 15) is 8.42 Å². The zero-order valence-corrected chi connectivity index (χ0v) is 12.3. The molecule has 1 rings (SSSR count). The average molecular weight is 287 g/mol. The Morgan fingerprint density at radius 3 is 2.47 bits per heavy atom. The van der Waals surface area contributed by atoms with Crippen LogP contribution in [0.5, 0.6) is 0 Å². The van der Waals surface area contributed by atoms with E-state index in [1.54, 1.807) is 0 Å². The minimum Gasteiger partial charge on any atom is -0.373 e. The van der Waals surface area contributed by atoms with Crippen molar-refractivity contribution in [1.29, 1.82) is 0 Å². The number of anilines is 2. The van der Waals surface area contributed by atoms with Gasteiger partial charge < -0.3 is 10.6 Å². The first kappa shape index (κ1) is 15.6. The molecule has 0 unspecified atom stereocenters. The fraction of sp³-hybridized carbons (Fsp3) is 0.636. The molecule has 0 spiro atoms. The number of rotatable bonds is 8. The molecular formula is C11H21N5O2S. The molecule has 1 aromatic heterocycles. The van der Waals surface area contributed by atoms with Gasteiger partial charge in [-0.1, -0.05) is 6.92 Å². The Morgan fingerprint density at radius 1 is 1.21 bits per heavy atom. The Labute approximate surface area is 114 Å². The predicted octanol–water partition coefficient (Wildman–Crippen LogP) is 0.432. The minimum atomic E-state index is -3.10. The summed E-state index contributed by atoms with van der Waals surface area (Å²) in [5.41, 5.74) is 0. The summed E-state index contributed by atoms with van der Waals surface area (Å²) in [6, 6.07) is 1.82. The molecular weight excluding hydrogens is 266 g/mol. The summed E-state index contributed by atoms with van der Waals surface area (Å²) in [7, 11) is -1.30. The van der Waals surface area contributed by atoms with E-state index in [1.807, 2.05) is 20.0 Å². The Morgan fingerprint density at radius 2 is 1.89 bits per heavy atom. The molecule has 8 heteroatoms. The second-order valence-electron chi connectivity index (χ2n) is 4.11. The van der Waals surface area contributed by atoms with Crippen LogP contribution in [-0.4, -0.2) is 44.8 Å². The van der Waals surface area contributed by atoms with Crippen molar-refractivity contribution in [2.45, 2.75) is 19.8 Å². The van der Waals surface area contributed by atoms with E-state index < -0.39 is 10.0 Å². The monoisotopic (exact) mass is 287 g/mol. The van der Waals surface area contributed by atoms with Crippen LogP contribution in [0.25, 0.3) is 0 Å². The largest absolute Gasteiger partial charge is 0.373 e. The molecule has 1 heterocycles. The van der Waals surface area contributed by atoms with Crippen LogP contribution in [0.4, 0.5) is 11.6 Å². The number of nitrogens with zero attached hydrogens (tertiary/aromatic N) is 2. The standard InChI is InChI=1S/C11H21N5O2S/c1-4-9-15-10(12-2)8-11(16-9)13-6-5-7-14-19(3,17)18/h8,14H,4-7H2,1-3H3,(H2,12,13,15,16). The van der Waals surface area contributed by atoms with Gasteiger partial charge in [-0.25, -0.2) is 23.1 Å². The highest BCUT2D eigenvalue weighted by Gasteiger charge is 2.02. The minimum absolute atomic E-state index is 0.413. The normalized spacial score (nSPS) is 11.3. The number of hydrogen-bond acceptors (Lipinski definition) is 6. The van der Waals surface area contributed by atoms with Crippen LogP contribution in [0.2, 0.25) is 0 Å². The van der Waals surface area contributed by atoms with Crippen molar-refractivity contribution in [3.05, 3.63) is 11.9 Å². The van der Waals surface area contributed by atoms with Crippen LogP contribution in [-0.2, 0) is 16.4 Å². The lowest BCUT2D eigenvalue weighted by atomic mass is 10.4. The molecule has 0 fully saturated rings. The molecule has 0 radical (unpaired) electrons. The number of aryl methyl sites for hydroxylation is 1. The SMILES string of the molecule is CCc1nc(NC)cc(NCCCNS(C)(=O)=O)n1. The van der Waals surface area contributed by atoms with Gasteiger partial charge in [-0.15, -0.1) is 0 Å². The van der Waals surface area contributed by atoms with E-state index in [1.165, 1.54) is 0 Å². The number of nitrogens with one attached hydrogen (secondary N) is 3. The molecule has 0 aliphatic heterocycles. The fourth-order valence-corrected chi connectivity index (χ4v) is 1.95. The third kappa shape index (κ3) is 6.35. The smallest absolute Gasteiger partial charge is 0.208 e. The summed E-state index contributed by atoms with van der Waals surface area (Å²) in [6.07, 6.45) is 2.60. The van der Waals surface area contributed by atoms with Crippen LogP contribution in [0, 0.1) is 0 Å². The zero-order chi connectivity index (χ0) is 14.3. The molecule has 0 aliphatic rings. The van der Waals surface area contributed by atoms with E-state index in [4.69, 9.17) is 0 Å². The van der Waals surface area contributed by atoms with Gasteiger partial charge in [0.2, 0.25) is 10.0 Å². The van der Waals surface area contributed by atoms with Gasteiger partial charge in [0.05, 0.1) is 6.26 Å². The van der Waals surface area contributed by atoms with E-state index in [2.05, 4.69) is 25.3 Å². The lowest BCUT2D eigenvalue weighted by molar-refractivity contribution is 0.586. The van der Waals surface area contributed by atoms with Crippen LogP contribution < -0.4 is 15.4 Å². The summed E-state index contributed by atoms with van der Waals surface area (Å²) < 4.78 is 24.2. The molecule has 0 aromatic carbocycles. The van der Waals surface area contributed by atoms with Gasteiger partial charge in [0.1, 0.15) is 17.5 Å². The first-order chi connectivity index (χ1) is 8.94. The lowest BCUT2D eigenvalue weighted by Crippen LogP contribution is -2.24. The first-order valence-electron chi connectivity index (χ1n) is 6.19. The average Bonchev–Trinajstić information content (AvgIpc) is 2.36. The van der Waals surface area contributed by atoms with Crippen molar-refractivity contribution < 1.29 is 8.42 Å². The maximum Gasteiger partial charge on any atom is 0.208 e. The van der Waals surface area contributed by atoms with Gasteiger partial charge in [-0.05, 0) is 6.42 Å². The van der Waals surface area contributed by atoms with Gasteiger partial charge in [0, 0.05) is 32.6 Å². The second-order valence-corrected chi connectivity index (χ2v) is 5.94. The highest BCUT2D eigenvalue weighted by Crippen LogP contribution is 2.10. The molecule has 3 N–H and O–H groups in total. The topological polar surface area (TPSA) is 96.0 Å². The van der Waals surface area contributed by atoms with Crippen LogP contribution in [0.3, 0.4) is 0 Å². The Balaban J connectivity index is 2.44. The number of aromatic nitrogens is 2. The first-order valence-corrected chi connectivity index (χ1v) is 8.08. The Bertz CT molecular complexity index is 482. The van der Waals surface area contributed by atoms with Gasteiger partial charge in [0.15, 0.2) is 0 Å². The molecule has 19 heavy (non-hydrogen) atoms. The van der Waals surface area contributed by atoms with Gasteiger partial charge in [-0.3, -0.25) is 0 Å². The zero-order valence-electron chi connectivity index (χ0n) is 11.5. The van der Waals surface area contributed by atoms with Crippen molar-refractivity contribution in [2.75, 3.05) is 37.0 Å². The third-order valence-corrected chi connectivity index (χ3v) is 3.10. The van der Waals surface area contributed by atoms with Crippen LogP contribution in [0.1, 0.15) is 19.2 Å². The summed E-state index contributed by atoms with van der Waals surface area (Å²) in [4.78, 5) is 8.64. The summed E-state index contributed by atoms with van der Waals surface area (Å²) in [5, 5.41) is 6.14. The van der Waals surface area contributed by atoms with Crippen molar-refractivity contribution in [2.24, 2.45) is 0 Å². The summed E-state index contributed by atoms with van der Waals surface area (Å²) >= 11 is 0.